The summed E-state index contributed by atoms with van der Waals surface area (Å²) < 4.78 is 0. The van der Waals surface area contributed by atoms with Crippen molar-refractivity contribution in [3.63, 3.8) is 0 Å². The second kappa shape index (κ2) is 7.50. The van der Waals surface area contributed by atoms with Crippen LogP contribution in [0.1, 0.15) is 0 Å². The Kier molecular flexibility index (Phi) is 4.55. The van der Waals surface area contributed by atoms with Gasteiger partial charge < -0.3 is 0 Å². The minimum atomic E-state index is 0.701. The highest BCUT2D eigenvalue weighted by Crippen LogP contribution is 2.30. The topological polar surface area (TPSA) is 25.8 Å². The van der Waals surface area contributed by atoms with Crippen molar-refractivity contribution >= 4 is 22.4 Å². The number of rotatable bonds is 3. The van der Waals surface area contributed by atoms with Crippen LogP contribution in [0.5, 0.6) is 0 Å². The highest BCUT2D eigenvalue weighted by Gasteiger charge is 2.11. The van der Waals surface area contributed by atoms with E-state index in [0.29, 0.717) is 5.82 Å². The second-order valence-corrected chi connectivity index (χ2v) is 7.28. The first-order valence-electron chi connectivity index (χ1n) is 9.46. The quantitative estimate of drug-likeness (QED) is 0.322. The Bertz CT molecular complexity index is 1240. The summed E-state index contributed by atoms with van der Waals surface area (Å²) in [5, 5.41) is 2.85. The maximum Gasteiger partial charge on any atom is 0.160 e. The number of nitrogens with zero attached hydrogens (tertiary/aromatic N) is 2. The monoisotopic (exact) mass is 392 g/mol. The van der Waals surface area contributed by atoms with Gasteiger partial charge in [-0.2, -0.15) is 0 Å². The van der Waals surface area contributed by atoms with Gasteiger partial charge in [-0.1, -0.05) is 96.5 Å². The van der Waals surface area contributed by atoms with Gasteiger partial charge in [0.15, 0.2) is 5.82 Å². The Morgan fingerprint density at radius 3 is 1.76 bits per heavy atom. The summed E-state index contributed by atoms with van der Waals surface area (Å²) in [6.45, 7) is 0. The minimum absolute atomic E-state index is 0.701. The van der Waals surface area contributed by atoms with Crippen LogP contribution in [0.4, 0.5) is 0 Å². The summed E-state index contributed by atoms with van der Waals surface area (Å²) in [6.07, 6.45) is 0. The van der Waals surface area contributed by atoms with Crippen LogP contribution in [-0.4, -0.2) is 9.97 Å². The summed E-state index contributed by atoms with van der Waals surface area (Å²) in [4.78, 5) is 9.77. The van der Waals surface area contributed by atoms with Crippen LogP contribution in [0.2, 0.25) is 5.02 Å². The molecule has 29 heavy (non-hydrogen) atoms. The Morgan fingerprint density at radius 1 is 0.517 bits per heavy atom. The van der Waals surface area contributed by atoms with Crippen molar-refractivity contribution in [2.24, 2.45) is 0 Å². The van der Waals surface area contributed by atoms with E-state index >= 15 is 0 Å². The van der Waals surface area contributed by atoms with E-state index in [0.717, 1.165) is 43.9 Å². The first kappa shape index (κ1) is 17.6. The fourth-order valence-electron chi connectivity index (χ4n) is 3.47. The van der Waals surface area contributed by atoms with Crippen LogP contribution in [0.15, 0.2) is 103 Å². The summed E-state index contributed by atoms with van der Waals surface area (Å²) in [5.41, 5.74) is 4.91. The smallest absolute Gasteiger partial charge is 0.160 e. The minimum Gasteiger partial charge on any atom is -0.228 e. The van der Waals surface area contributed by atoms with Crippen molar-refractivity contribution in [1.82, 2.24) is 9.97 Å². The number of fused-ring (bicyclic) bond motifs is 1. The van der Waals surface area contributed by atoms with E-state index in [1.165, 1.54) is 0 Å². The number of hydrogen-bond donors (Lipinski definition) is 0. The lowest BCUT2D eigenvalue weighted by molar-refractivity contribution is 1.18. The van der Waals surface area contributed by atoms with Crippen LogP contribution in [-0.2, 0) is 0 Å². The normalized spacial score (nSPS) is 10.9. The molecule has 138 valence electrons. The lowest BCUT2D eigenvalue weighted by Gasteiger charge is -2.10. The molecule has 0 bridgehead atoms. The predicted octanol–water partition coefficient (Wildman–Crippen LogP) is 7.28. The molecular weight excluding hydrogens is 376 g/mol. The fraction of sp³-hybridized carbons (Fsp3) is 0. The molecule has 0 spiro atoms. The van der Waals surface area contributed by atoms with E-state index in [1.807, 2.05) is 66.7 Å². The lowest BCUT2D eigenvalue weighted by atomic mass is 10.0. The van der Waals surface area contributed by atoms with Crippen LogP contribution < -0.4 is 0 Å². The highest BCUT2D eigenvalue weighted by molar-refractivity contribution is 6.35. The molecular formula is C26H17ClN2. The Balaban J connectivity index is 1.72. The van der Waals surface area contributed by atoms with Crippen molar-refractivity contribution in [1.29, 1.82) is 0 Å². The lowest BCUT2D eigenvalue weighted by Crippen LogP contribution is -1.96. The zero-order valence-electron chi connectivity index (χ0n) is 15.6. The van der Waals surface area contributed by atoms with Gasteiger partial charge in [-0.15, -0.1) is 0 Å². The van der Waals surface area contributed by atoms with E-state index in [2.05, 4.69) is 36.4 Å². The van der Waals surface area contributed by atoms with Gasteiger partial charge in [-0.3, -0.25) is 0 Å². The first-order chi connectivity index (χ1) is 14.3. The summed E-state index contributed by atoms with van der Waals surface area (Å²) >= 11 is 6.33. The van der Waals surface area contributed by atoms with E-state index in [9.17, 15) is 0 Å². The second-order valence-electron chi connectivity index (χ2n) is 6.87. The number of hydrogen-bond acceptors (Lipinski definition) is 2. The van der Waals surface area contributed by atoms with E-state index in [1.54, 1.807) is 0 Å². The molecule has 1 heterocycles. The van der Waals surface area contributed by atoms with E-state index < -0.39 is 0 Å². The van der Waals surface area contributed by atoms with Crippen molar-refractivity contribution in [3.05, 3.63) is 108 Å². The van der Waals surface area contributed by atoms with Crippen LogP contribution in [0.3, 0.4) is 0 Å². The molecule has 0 aliphatic carbocycles. The first-order valence-corrected chi connectivity index (χ1v) is 9.84. The molecule has 0 aliphatic rings. The number of benzene rings is 4. The van der Waals surface area contributed by atoms with E-state index in [4.69, 9.17) is 21.6 Å². The third kappa shape index (κ3) is 3.51. The molecule has 3 heteroatoms. The van der Waals surface area contributed by atoms with Crippen LogP contribution >= 0.6 is 11.6 Å². The molecule has 4 aromatic carbocycles. The van der Waals surface area contributed by atoms with Gasteiger partial charge in [0.05, 0.1) is 11.4 Å². The molecule has 0 unspecified atom stereocenters. The van der Waals surface area contributed by atoms with Gasteiger partial charge in [0, 0.05) is 27.1 Å². The molecule has 2 nitrogen and oxygen atoms in total. The van der Waals surface area contributed by atoms with Gasteiger partial charge in [0.2, 0.25) is 0 Å². The van der Waals surface area contributed by atoms with Crippen molar-refractivity contribution in [2.45, 2.75) is 0 Å². The van der Waals surface area contributed by atoms with Gasteiger partial charge in [0.25, 0.3) is 0 Å². The molecule has 0 radical (unpaired) electrons. The van der Waals surface area contributed by atoms with Crippen molar-refractivity contribution < 1.29 is 0 Å². The summed E-state index contributed by atoms with van der Waals surface area (Å²) in [7, 11) is 0. The van der Waals surface area contributed by atoms with Crippen molar-refractivity contribution in [3.8, 4) is 33.9 Å². The average Bonchev–Trinajstić information content (AvgIpc) is 2.80. The average molecular weight is 393 g/mol. The summed E-state index contributed by atoms with van der Waals surface area (Å²) in [5.74, 6) is 0.701. The molecule has 5 aromatic rings. The molecule has 0 aliphatic heterocycles. The maximum atomic E-state index is 6.33. The van der Waals surface area contributed by atoms with Gasteiger partial charge in [0.1, 0.15) is 0 Å². The SMILES string of the molecule is Clc1cccc2cc(-c3nc(-c4ccccc4)cc(-c4ccccc4)n3)ccc12. The van der Waals surface area contributed by atoms with Gasteiger partial charge in [-0.05, 0) is 23.6 Å². The van der Waals surface area contributed by atoms with Crippen LogP contribution in [0, 0.1) is 0 Å². The number of aromatic nitrogens is 2. The molecule has 1 aromatic heterocycles. The highest BCUT2D eigenvalue weighted by atomic mass is 35.5. The zero-order chi connectivity index (χ0) is 19.6. The maximum absolute atomic E-state index is 6.33. The standard InChI is InChI=1S/C26H17ClN2/c27-23-13-7-12-20-16-21(14-15-22(20)23)26-28-24(18-8-3-1-4-9-18)17-25(29-26)19-10-5-2-6-11-19/h1-17H. The predicted molar refractivity (Wildman–Crippen MR) is 121 cm³/mol. The fourth-order valence-corrected chi connectivity index (χ4v) is 3.72. The Labute approximate surface area is 174 Å². The Hall–Kier alpha value is -3.49. The third-order valence-electron chi connectivity index (χ3n) is 4.95. The number of halogens is 1. The Morgan fingerprint density at radius 2 is 1.14 bits per heavy atom. The molecule has 0 saturated heterocycles. The van der Waals surface area contributed by atoms with Gasteiger partial charge >= 0.3 is 0 Å². The van der Waals surface area contributed by atoms with Crippen molar-refractivity contribution in [2.75, 3.05) is 0 Å². The molecule has 0 N–H and O–H groups in total. The molecule has 0 fully saturated rings. The van der Waals surface area contributed by atoms with Gasteiger partial charge in [-0.25, -0.2) is 9.97 Å². The molecule has 0 amide bonds. The van der Waals surface area contributed by atoms with Crippen LogP contribution in [0.25, 0.3) is 44.7 Å². The molecule has 0 atom stereocenters. The molecule has 0 saturated carbocycles. The largest absolute Gasteiger partial charge is 0.228 e. The third-order valence-corrected chi connectivity index (χ3v) is 5.28. The zero-order valence-corrected chi connectivity index (χ0v) is 16.3. The molecule has 5 rings (SSSR count). The summed E-state index contributed by atoms with van der Waals surface area (Å²) in [6, 6.07) is 34.5. The van der Waals surface area contributed by atoms with E-state index in [-0.39, 0.29) is 0 Å².